The lowest BCUT2D eigenvalue weighted by molar-refractivity contribution is 0.355. The van der Waals surface area contributed by atoms with E-state index in [4.69, 9.17) is 37.8 Å². The van der Waals surface area contributed by atoms with E-state index in [9.17, 15) is 0 Å². The molecule has 8 heteroatoms. The van der Waals surface area contributed by atoms with Gasteiger partial charge in [-0.2, -0.15) is 5.10 Å². The molecule has 0 fully saturated rings. The maximum absolute atomic E-state index is 6.22. The molecule has 0 saturated heterocycles. The fraction of sp³-hybridized carbons (Fsp3) is 0.238. The smallest absolute Gasteiger partial charge is 0.206 e. The van der Waals surface area contributed by atoms with Crippen LogP contribution in [0.3, 0.4) is 0 Å². The number of aromatic nitrogens is 1. The summed E-state index contributed by atoms with van der Waals surface area (Å²) in [5, 5.41) is 7.87. The Kier molecular flexibility index (Phi) is 7.00. The Morgan fingerprint density at radius 2 is 1.79 bits per heavy atom. The minimum absolute atomic E-state index is 0.497. The molecule has 0 radical (unpaired) electrons. The third kappa shape index (κ3) is 4.66. The molecule has 3 aromatic rings. The van der Waals surface area contributed by atoms with Crippen molar-refractivity contribution in [3.05, 3.63) is 62.2 Å². The number of halogens is 2. The number of nitrogens with zero attached hydrogens (tertiary/aromatic N) is 3. The van der Waals surface area contributed by atoms with Gasteiger partial charge in [-0.05, 0) is 44.2 Å². The van der Waals surface area contributed by atoms with E-state index in [1.807, 2.05) is 54.2 Å². The number of thiazole rings is 1. The summed E-state index contributed by atoms with van der Waals surface area (Å²) in [6.45, 7) is 4.60. The Bertz CT molecular complexity index is 1120. The summed E-state index contributed by atoms with van der Waals surface area (Å²) >= 11 is 13.8. The molecule has 0 saturated carbocycles. The Morgan fingerprint density at radius 3 is 2.45 bits per heavy atom. The molecular formula is C21H21Cl2N3O2S. The van der Waals surface area contributed by atoms with Crippen LogP contribution in [0.15, 0.2) is 51.9 Å². The lowest BCUT2D eigenvalue weighted by Gasteiger charge is -2.10. The van der Waals surface area contributed by atoms with Gasteiger partial charge in [-0.3, -0.25) is 4.99 Å². The molecule has 0 atom stereocenters. The van der Waals surface area contributed by atoms with Gasteiger partial charge in [-0.1, -0.05) is 29.3 Å². The molecule has 29 heavy (non-hydrogen) atoms. The topological polar surface area (TPSA) is 48.1 Å². The predicted octanol–water partition coefficient (Wildman–Crippen LogP) is 5.73. The monoisotopic (exact) mass is 449 g/mol. The summed E-state index contributed by atoms with van der Waals surface area (Å²) < 4.78 is 12.6. The minimum Gasteiger partial charge on any atom is -0.493 e. The standard InChI is InChI=1S/C21H21Cl2N3O2S/c1-5-24-21-26(18(12-29-21)15-6-8-16(22)17(23)10-15)25-13(2)14-7-9-19(27-3)20(11-14)28-4/h6-12H,5H2,1-4H3/b24-21?,25-13-. The molecule has 0 aliphatic heterocycles. The van der Waals surface area contributed by atoms with Gasteiger partial charge in [0.15, 0.2) is 11.5 Å². The molecule has 0 spiro atoms. The number of hydrogen-bond acceptors (Lipinski definition) is 5. The molecule has 2 aromatic carbocycles. The molecule has 0 aliphatic rings. The highest BCUT2D eigenvalue weighted by molar-refractivity contribution is 7.07. The molecule has 0 N–H and O–H groups in total. The van der Waals surface area contributed by atoms with E-state index < -0.39 is 0 Å². The first-order valence-electron chi connectivity index (χ1n) is 8.93. The van der Waals surface area contributed by atoms with E-state index in [-0.39, 0.29) is 0 Å². The van der Waals surface area contributed by atoms with Gasteiger partial charge in [0.1, 0.15) is 0 Å². The normalized spacial score (nSPS) is 12.3. The Balaban J connectivity index is 2.13. The summed E-state index contributed by atoms with van der Waals surface area (Å²) in [7, 11) is 3.23. The summed E-state index contributed by atoms with van der Waals surface area (Å²) in [4.78, 5) is 5.37. The maximum Gasteiger partial charge on any atom is 0.206 e. The predicted molar refractivity (Wildman–Crippen MR) is 121 cm³/mol. The van der Waals surface area contributed by atoms with Crippen molar-refractivity contribution >= 4 is 40.3 Å². The summed E-state index contributed by atoms with van der Waals surface area (Å²) in [5.41, 5.74) is 3.53. The van der Waals surface area contributed by atoms with Crippen LogP contribution in [0.25, 0.3) is 11.3 Å². The van der Waals surface area contributed by atoms with E-state index in [0.717, 1.165) is 27.3 Å². The molecule has 3 rings (SSSR count). The van der Waals surface area contributed by atoms with Crippen LogP contribution in [0, 0.1) is 0 Å². The molecule has 1 heterocycles. The summed E-state index contributed by atoms with van der Waals surface area (Å²) in [6.07, 6.45) is 0. The lowest BCUT2D eigenvalue weighted by Crippen LogP contribution is -2.14. The molecule has 5 nitrogen and oxygen atoms in total. The quantitative estimate of drug-likeness (QED) is 0.450. The third-order valence-corrected chi connectivity index (χ3v) is 5.84. The maximum atomic E-state index is 6.22. The zero-order valence-corrected chi connectivity index (χ0v) is 18.9. The van der Waals surface area contributed by atoms with Crippen LogP contribution in [-0.2, 0) is 0 Å². The van der Waals surface area contributed by atoms with E-state index in [1.165, 1.54) is 11.3 Å². The van der Waals surface area contributed by atoms with Gasteiger partial charge in [0.05, 0.1) is 35.7 Å². The second kappa shape index (κ2) is 9.48. The number of rotatable bonds is 6. The zero-order valence-electron chi connectivity index (χ0n) is 16.6. The average Bonchev–Trinajstić information content (AvgIpc) is 3.12. The first kappa shape index (κ1) is 21.4. The molecule has 1 aromatic heterocycles. The third-order valence-electron chi connectivity index (χ3n) is 4.25. The summed E-state index contributed by atoms with van der Waals surface area (Å²) in [5.74, 6) is 1.32. The van der Waals surface area contributed by atoms with Crippen LogP contribution in [0.5, 0.6) is 11.5 Å². The van der Waals surface area contributed by atoms with E-state index >= 15 is 0 Å². The molecule has 0 bridgehead atoms. The number of methoxy groups -OCH3 is 2. The number of benzene rings is 2. The van der Waals surface area contributed by atoms with Gasteiger partial charge in [-0.25, -0.2) is 4.68 Å². The van der Waals surface area contributed by atoms with Crippen molar-refractivity contribution in [1.29, 1.82) is 0 Å². The van der Waals surface area contributed by atoms with Gasteiger partial charge < -0.3 is 9.47 Å². The van der Waals surface area contributed by atoms with Crippen LogP contribution in [0.4, 0.5) is 0 Å². The molecule has 152 valence electrons. The zero-order chi connectivity index (χ0) is 21.0. The van der Waals surface area contributed by atoms with Crippen molar-refractivity contribution in [2.45, 2.75) is 13.8 Å². The van der Waals surface area contributed by atoms with Gasteiger partial charge in [-0.15, -0.1) is 11.3 Å². The first-order valence-corrected chi connectivity index (χ1v) is 10.6. The van der Waals surface area contributed by atoms with E-state index in [0.29, 0.717) is 28.1 Å². The molecule has 0 amide bonds. The SMILES string of the molecule is CCN=c1scc(-c2ccc(Cl)c(Cl)c2)n1/N=C(/C)c1ccc(OC)c(OC)c1. The van der Waals surface area contributed by atoms with Crippen molar-refractivity contribution in [2.24, 2.45) is 10.1 Å². The Hall–Kier alpha value is -2.28. The Morgan fingerprint density at radius 1 is 1.03 bits per heavy atom. The molecule has 0 unspecified atom stereocenters. The van der Waals surface area contributed by atoms with Crippen molar-refractivity contribution < 1.29 is 9.47 Å². The van der Waals surface area contributed by atoms with Gasteiger partial charge >= 0.3 is 0 Å². The second-order valence-electron chi connectivity index (χ2n) is 6.07. The van der Waals surface area contributed by atoms with Gasteiger partial charge in [0.2, 0.25) is 4.80 Å². The second-order valence-corrected chi connectivity index (χ2v) is 7.72. The minimum atomic E-state index is 0.497. The number of hydrogen-bond donors (Lipinski definition) is 0. The number of ether oxygens (including phenoxy) is 2. The molecule has 0 aliphatic carbocycles. The highest BCUT2D eigenvalue weighted by Crippen LogP contribution is 2.30. The summed E-state index contributed by atoms with van der Waals surface area (Å²) in [6, 6.07) is 11.2. The van der Waals surface area contributed by atoms with E-state index in [1.54, 1.807) is 20.3 Å². The van der Waals surface area contributed by atoms with E-state index in [2.05, 4.69) is 4.99 Å². The van der Waals surface area contributed by atoms with Crippen molar-refractivity contribution in [2.75, 3.05) is 20.8 Å². The van der Waals surface area contributed by atoms with Crippen LogP contribution in [0.2, 0.25) is 10.0 Å². The highest BCUT2D eigenvalue weighted by atomic mass is 35.5. The van der Waals surface area contributed by atoms with Crippen LogP contribution >= 0.6 is 34.5 Å². The first-order chi connectivity index (χ1) is 14.0. The van der Waals surface area contributed by atoms with Crippen LogP contribution in [0.1, 0.15) is 19.4 Å². The largest absolute Gasteiger partial charge is 0.493 e. The van der Waals surface area contributed by atoms with Crippen LogP contribution < -0.4 is 14.3 Å². The van der Waals surface area contributed by atoms with Gasteiger partial charge in [0, 0.05) is 23.1 Å². The Labute approximate surface area is 183 Å². The fourth-order valence-electron chi connectivity index (χ4n) is 2.76. The average molecular weight is 450 g/mol. The van der Waals surface area contributed by atoms with Crippen LogP contribution in [-0.4, -0.2) is 31.2 Å². The fourth-order valence-corrected chi connectivity index (χ4v) is 3.96. The van der Waals surface area contributed by atoms with Gasteiger partial charge in [0.25, 0.3) is 0 Å². The van der Waals surface area contributed by atoms with Crippen molar-refractivity contribution in [1.82, 2.24) is 4.68 Å². The van der Waals surface area contributed by atoms with Crippen molar-refractivity contribution in [3.8, 4) is 22.8 Å². The lowest BCUT2D eigenvalue weighted by atomic mass is 10.1. The highest BCUT2D eigenvalue weighted by Gasteiger charge is 2.12. The molecular weight excluding hydrogens is 429 g/mol. The van der Waals surface area contributed by atoms with Crippen molar-refractivity contribution in [3.63, 3.8) is 0 Å².